The predicted molar refractivity (Wildman–Crippen MR) is 256 cm³/mol. The van der Waals surface area contributed by atoms with Crippen LogP contribution in [-0.2, 0) is 0 Å². The van der Waals surface area contributed by atoms with Crippen LogP contribution in [0, 0.1) is 0 Å². The lowest BCUT2D eigenvalue weighted by molar-refractivity contribution is 0.669. The third kappa shape index (κ3) is 5.32. The number of para-hydroxylation sites is 1. The van der Waals surface area contributed by atoms with E-state index < -0.39 is 0 Å². The Balaban J connectivity index is 0.985. The van der Waals surface area contributed by atoms with Crippen LogP contribution in [0.25, 0.3) is 127 Å². The zero-order valence-electron chi connectivity index (χ0n) is 33.3. The first-order chi connectivity index (χ1) is 30.7. The number of nitrogens with zero attached hydrogens (tertiary/aromatic N) is 4. The third-order valence-corrected chi connectivity index (χ3v) is 12.4. The van der Waals surface area contributed by atoms with Crippen molar-refractivity contribution in [2.45, 2.75) is 0 Å². The molecule has 288 valence electrons. The summed E-state index contributed by atoms with van der Waals surface area (Å²) >= 11 is 0. The molecule has 62 heavy (non-hydrogen) atoms. The number of fused-ring (bicyclic) bond motifs is 12. The Labute approximate surface area is 355 Å². The van der Waals surface area contributed by atoms with Crippen LogP contribution in [0.4, 0.5) is 0 Å². The molecule has 0 fully saturated rings. The van der Waals surface area contributed by atoms with Gasteiger partial charge in [0.25, 0.3) is 0 Å². The van der Waals surface area contributed by atoms with E-state index in [0.29, 0.717) is 17.5 Å². The van der Waals surface area contributed by atoms with Gasteiger partial charge >= 0.3 is 0 Å². The SMILES string of the molecule is c1ccc(-c2nc(-c3ccccc3)nc(-c3cccc4oc5ccc(-n6c7ccccc7c7cc(-c8ccc9c%10ccccc%10c%10ccccc%10c9c8)ccc76)cc5c34)n2)cc1. The van der Waals surface area contributed by atoms with Crippen molar-refractivity contribution in [2.24, 2.45) is 0 Å². The normalized spacial score (nSPS) is 11.9. The van der Waals surface area contributed by atoms with Gasteiger partial charge in [0.2, 0.25) is 0 Å². The summed E-state index contributed by atoms with van der Waals surface area (Å²) in [6, 6.07) is 72.9. The van der Waals surface area contributed by atoms with Gasteiger partial charge in [0.1, 0.15) is 11.2 Å². The first-order valence-corrected chi connectivity index (χ1v) is 20.9. The lowest BCUT2D eigenvalue weighted by Gasteiger charge is -2.12. The fourth-order valence-corrected chi connectivity index (χ4v) is 9.59. The van der Waals surface area contributed by atoms with E-state index in [1.807, 2.05) is 72.8 Å². The van der Waals surface area contributed by atoms with Crippen molar-refractivity contribution in [1.82, 2.24) is 19.5 Å². The molecule has 0 aliphatic carbocycles. The molecule has 0 aliphatic rings. The zero-order valence-corrected chi connectivity index (χ0v) is 33.3. The molecule has 0 aliphatic heterocycles. The van der Waals surface area contributed by atoms with Gasteiger partial charge in [-0.05, 0) is 92.0 Å². The predicted octanol–water partition coefficient (Wildman–Crippen LogP) is 15.0. The van der Waals surface area contributed by atoms with Gasteiger partial charge in [-0.1, -0.05) is 158 Å². The number of benzene rings is 10. The number of hydrogen-bond donors (Lipinski definition) is 0. The van der Waals surface area contributed by atoms with Crippen LogP contribution in [0.5, 0.6) is 0 Å². The second-order valence-electron chi connectivity index (χ2n) is 15.9. The van der Waals surface area contributed by atoms with E-state index in [9.17, 15) is 0 Å². The van der Waals surface area contributed by atoms with Crippen LogP contribution in [0.1, 0.15) is 0 Å². The average Bonchev–Trinajstić information content (AvgIpc) is 3.89. The van der Waals surface area contributed by atoms with Crippen molar-refractivity contribution in [3.05, 3.63) is 206 Å². The summed E-state index contributed by atoms with van der Waals surface area (Å²) in [5.41, 5.74) is 10.0. The summed E-state index contributed by atoms with van der Waals surface area (Å²) < 4.78 is 8.93. The summed E-state index contributed by atoms with van der Waals surface area (Å²) in [5, 5.41) is 12.0. The lowest BCUT2D eigenvalue weighted by Crippen LogP contribution is -2.00. The van der Waals surface area contributed by atoms with Crippen molar-refractivity contribution in [3.8, 4) is 51.0 Å². The molecule has 0 amide bonds. The Hall–Kier alpha value is -8.41. The van der Waals surface area contributed by atoms with Crippen LogP contribution in [0.15, 0.2) is 211 Å². The Morgan fingerprint density at radius 2 is 0.839 bits per heavy atom. The molecule has 0 atom stereocenters. The highest BCUT2D eigenvalue weighted by atomic mass is 16.3. The molecule has 0 spiro atoms. The molecule has 3 aromatic heterocycles. The fourth-order valence-electron chi connectivity index (χ4n) is 9.59. The maximum atomic E-state index is 6.56. The second kappa shape index (κ2) is 13.6. The molecular formula is C57H34N4O. The molecule has 0 unspecified atom stereocenters. The summed E-state index contributed by atoms with van der Waals surface area (Å²) in [6.45, 7) is 0. The molecule has 5 heteroatoms. The van der Waals surface area contributed by atoms with E-state index in [-0.39, 0.29) is 0 Å². The van der Waals surface area contributed by atoms with E-state index in [2.05, 4.69) is 138 Å². The first-order valence-electron chi connectivity index (χ1n) is 20.9. The van der Waals surface area contributed by atoms with Crippen molar-refractivity contribution >= 4 is 76.1 Å². The highest BCUT2D eigenvalue weighted by molar-refractivity contribution is 6.26. The van der Waals surface area contributed by atoms with E-state index in [0.717, 1.165) is 55.3 Å². The van der Waals surface area contributed by atoms with Gasteiger partial charge in [0, 0.05) is 43.9 Å². The average molecular weight is 791 g/mol. The van der Waals surface area contributed by atoms with Gasteiger partial charge in [-0.2, -0.15) is 0 Å². The minimum absolute atomic E-state index is 0.593. The fraction of sp³-hybridized carbons (Fsp3) is 0. The van der Waals surface area contributed by atoms with E-state index in [1.54, 1.807) is 0 Å². The lowest BCUT2D eigenvalue weighted by atomic mass is 9.92. The number of aromatic nitrogens is 4. The molecule has 0 radical (unpaired) electrons. The van der Waals surface area contributed by atoms with Crippen molar-refractivity contribution in [3.63, 3.8) is 0 Å². The highest BCUT2D eigenvalue weighted by Crippen LogP contribution is 2.42. The zero-order chi connectivity index (χ0) is 40.7. The molecule has 0 saturated carbocycles. The van der Waals surface area contributed by atoms with Crippen molar-refractivity contribution in [1.29, 1.82) is 0 Å². The van der Waals surface area contributed by atoms with Crippen molar-refractivity contribution < 1.29 is 4.42 Å². The van der Waals surface area contributed by atoms with E-state index in [4.69, 9.17) is 19.4 Å². The van der Waals surface area contributed by atoms with Crippen molar-refractivity contribution in [2.75, 3.05) is 0 Å². The van der Waals surface area contributed by atoms with Crippen LogP contribution < -0.4 is 0 Å². The maximum absolute atomic E-state index is 6.56. The largest absolute Gasteiger partial charge is 0.456 e. The van der Waals surface area contributed by atoms with Gasteiger partial charge < -0.3 is 8.98 Å². The quantitative estimate of drug-likeness (QED) is 0.163. The first kappa shape index (κ1) is 34.5. The Bertz CT molecular complexity index is 3830. The Morgan fingerprint density at radius 3 is 1.52 bits per heavy atom. The summed E-state index contributed by atoms with van der Waals surface area (Å²) in [4.78, 5) is 15.1. The smallest absolute Gasteiger partial charge is 0.164 e. The molecule has 3 heterocycles. The number of hydrogen-bond acceptors (Lipinski definition) is 4. The summed E-state index contributed by atoms with van der Waals surface area (Å²) in [6.07, 6.45) is 0. The number of rotatable bonds is 5. The van der Waals surface area contributed by atoms with Crippen LogP contribution >= 0.6 is 0 Å². The number of furan rings is 1. The molecule has 13 rings (SSSR count). The van der Waals surface area contributed by atoms with Crippen LogP contribution in [0.3, 0.4) is 0 Å². The van der Waals surface area contributed by atoms with Gasteiger partial charge in [-0.25, -0.2) is 15.0 Å². The molecule has 5 nitrogen and oxygen atoms in total. The minimum Gasteiger partial charge on any atom is -0.456 e. The topological polar surface area (TPSA) is 56.7 Å². The monoisotopic (exact) mass is 790 g/mol. The highest BCUT2D eigenvalue weighted by Gasteiger charge is 2.20. The second-order valence-corrected chi connectivity index (χ2v) is 15.9. The summed E-state index contributed by atoms with van der Waals surface area (Å²) in [5.74, 6) is 1.83. The molecule has 10 aromatic carbocycles. The minimum atomic E-state index is 0.593. The standard InChI is InChI=1S/C57H34N4O/c1-3-14-35(15-4-1)55-58-56(36-16-5-2-6-17-36)60-57(59-55)46-23-13-25-53-54(46)49-34-39(28-31-52(49)62-53)61-50-24-12-11-22-45(50)48-33-38(27-30-51(48)61)37-26-29-44-42-20-8-7-18-40(42)41-19-9-10-21-43(41)47(44)32-37/h1-34H. The van der Waals surface area contributed by atoms with E-state index in [1.165, 1.54) is 54.2 Å². The van der Waals surface area contributed by atoms with Gasteiger partial charge in [0.15, 0.2) is 17.5 Å². The van der Waals surface area contributed by atoms with E-state index >= 15 is 0 Å². The van der Waals surface area contributed by atoms with Crippen LogP contribution in [0.2, 0.25) is 0 Å². The Morgan fingerprint density at radius 1 is 0.306 bits per heavy atom. The Kier molecular flexibility index (Phi) is 7.54. The molecule has 13 aromatic rings. The van der Waals surface area contributed by atoms with Crippen LogP contribution in [-0.4, -0.2) is 19.5 Å². The molecule has 0 saturated heterocycles. The van der Waals surface area contributed by atoms with Gasteiger partial charge in [-0.3, -0.25) is 0 Å². The summed E-state index contributed by atoms with van der Waals surface area (Å²) in [7, 11) is 0. The van der Waals surface area contributed by atoms with Gasteiger partial charge in [-0.15, -0.1) is 0 Å². The molecule has 0 N–H and O–H groups in total. The molecule has 0 bridgehead atoms. The van der Waals surface area contributed by atoms with Gasteiger partial charge in [0.05, 0.1) is 11.0 Å². The molecular weight excluding hydrogens is 757 g/mol. The third-order valence-electron chi connectivity index (χ3n) is 12.4. The maximum Gasteiger partial charge on any atom is 0.164 e.